The maximum atomic E-state index is 14.1. The number of likely N-dealkylation sites (tertiary alicyclic amines) is 2. The van der Waals surface area contributed by atoms with Crippen molar-refractivity contribution in [3.8, 4) is 0 Å². The molecule has 0 aromatic heterocycles. The molecule has 1 spiro atoms. The van der Waals surface area contributed by atoms with Gasteiger partial charge in [0.1, 0.15) is 11.6 Å². The Hall–Kier alpha value is -2.80. The maximum absolute atomic E-state index is 14.1. The summed E-state index contributed by atoms with van der Waals surface area (Å²) < 4.78 is 27.3. The van der Waals surface area contributed by atoms with E-state index < -0.39 is 17.5 Å². The first-order valence-electron chi connectivity index (χ1n) is 10.6. The quantitative estimate of drug-likeness (QED) is 0.798. The molecule has 2 fully saturated rings. The van der Waals surface area contributed by atoms with E-state index in [2.05, 4.69) is 22.3 Å². The monoisotopic (exact) mass is 427 g/mol. The molecule has 2 amide bonds. The lowest BCUT2D eigenvalue weighted by Crippen LogP contribution is -2.64. The molecule has 0 bridgehead atoms. The fourth-order valence-corrected chi connectivity index (χ4v) is 4.79. The molecule has 2 aromatic rings. The van der Waals surface area contributed by atoms with Crippen LogP contribution in [0.15, 0.2) is 48.5 Å². The molecule has 2 aliphatic heterocycles. The molecule has 1 unspecified atom stereocenters. The van der Waals surface area contributed by atoms with Gasteiger partial charge in [-0.2, -0.15) is 0 Å². The topological polar surface area (TPSA) is 52.7 Å². The minimum absolute atomic E-state index is 0.00868. The van der Waals surface area contributed by atoms with Crippen LogP contribution in [-0.2, 0) is 11.3 Å². The van der Waals surface area contributed by atoms with E-state index in [-0.39, 0.29) is 28.8 Å². The lowest BCUT2D eigenvalue weighted by atomic mass is 9.71. The van der Waals surface area contributed by atoms with E-state index in [0.717, 1.165) is 18.7 Å². The number of hydrogen-bond donors (Lipinski definition) is 1. The Morgan fingerprint density at radius 2 is 1.81 bits per heavy atom. The van der Waals surface area contributed by atoms with Crippen LogP contribution >= 0.6 is 0 Å². The highest BCUT2D eigenvalue weighted by Crippen LogP contribution is 2.45. The van der Waals surface area contributed by atoms with Crippen LogP contribution in [0.2, 0.25) is 0 Å². The van der Waals surface area contributed by atoms with Crippen LogP contribution in [0.4, 0.5) is 8.78 Å². The van der Waals surface area contributed by atoms with Crippen molar-refractivity contribution in [3.63, 3.8) is 0 Å². The summed E-state index contributed by atoms with van der Waals surface area (Å²) >= 11 is 0. The largest absolute Gasteiger partial charge is 0.354 e. The fraction of sp³-hybridized carbons (Fsp3) is 0.417. The molecule has 2 saturated heterocycles. The van der Waals surface area contributed by atoms with Gasteiger partial charge in [-0.15, -0.1) is 0 Å². The predicted octanol–water partition coefficient (Wildman–Crippen LogP) is 3.06. The Bertz CT molecular complexity index is 974. The Morgan fingerprint density at radius 3 is 2.45 bits per heavy atom. The number of halogens is 2. The summed E-state index contributed by atoms with van der Waals surface area (Å²) in [4.78, 5) is 29.5. The van der Waals surface area contributed by atoms with Gasteiger partial charge in [-0.05, 0) is 31.5 Å². The SMILES string of the molecule is CC(C)NC(=O)C1CN(Cc2ccccc2)CC12CN(C(=O)c1ccc(F)cc1F)C2. The van der Waals surface area contributed by atoms with Gasteiger partial charge < -0.3 is 10.2 Å². The van der Waals surface area contributed by atoms with Crippen LogP contribution in [0, 0.1) is 23.0 Å². The van der Waals surface area contributed by atoms with E-state index in [0.29, 0.717) is 26.2 Å². The summed E-state index contributed by atoms with van der Waals surface area (Å²) in [5.41, 5.74) is 0.668. The average molecular weight is 427 g/mol. The normalized spacial score (nSPS) is 20.2. The van der Waals surface area contributed by atoms with Gasteiger partial charge in [-0.25, -0.2) is 8.78 Å². The number of benzene rings is 2. The number of carbonyl (C=O) groups excluding carboxylic acids is 2. The number of carbonyl (C=O) groups is 2. The first-order valence-corrected chi connectivity index (χ1v) is 10.6. The molecule has 2 heterocycles. The van der Waals surface area contributed by atoms with Crippen molar-refractivity contribution in [2.75, 3.05) is 26.2 Å². The molecule has 0 radical (unpaired) electrons. The summed E-state index contributed by atoms with van der Waals surface area (Å²) in [6.07, 6.45) is 0. The molecule has 164 valence electrons. The van der Waals surface area contributed by atoms with Crippen molar-refractivity contribution in [1.29, 1.82) is 0 Å². The Morgan fingerprint density at radius 1 is 1.10 bits per heavy atom. The molecule has 0 aliphatic carbocycles. The molecular formula is C24H27F2N3O2. The number of nitrogens with zero attached hydrogens (tertiary/aromatic N) is 2. The highest BCUT2D eigenvalue weighted by atomic mass is 19.1. The smallest absolute Gasteiger partial charge is 0.256 e. The molecule has 4 rings (SSSR count). The number of hydrogen-bond acceptors (Lipinski definition) is 3. The third kappa shape index (κ3) is 4.32. The van der Waals surface area contributed by atoms with Gasteiger partial charge in [0.05, 0.1) is 11.5 Å². The van der Waals surface area contributed by atoms with Gasteiger partial charge in [-0.1, -0.05) is 30.3 Å². The van der Waals surface area contributed by atoms with Gasteiger partial charge in [-0.3, -0.25) is 14.5 Å². The van der Waals surface area contributed by atoms with Crippen LogP contribution in [0.5, 0.6) is 0 Å². The van der Waals surface area contributed by atoms with Gasteiger partial charge in [0, 0.05) is 50.2 Å². The van der Waals surface area contributed by atoms with Crippen molar-refractivity contribution < 1.29 is 18.4 Å². The average Bonchev–Trinajstić information content (AvgIpc) is 3.06. The number of nitrogens with one attached hydrogen (secondary N) is 1. The van der Waals surface area contributed by atoms with Crippen LogP contribution in [0.1, 0.15) is 29.8 Å². The predicted molar refractivity (Wildman–Crippen MR) is 113 cm³/mol. The van der Waals surface area contributed by atoms with Gasteiger partial charge >= 0.3 is 0 Å². The van der Waals surface area contributed by atoms with Gasteiger partial charge in [0.2, 0.25) is 5.91 Å². The van der Waals surface area contributed by atoms with Gasteiger partial charge in [0.25, 0.3) is 5.91 Å². The molecule has 2 aliphatic rings. The summed E-state index contributed by atoms with van der Waals surface area (Å²) in [5, 5.41) is 3.01. The van der Waals surface area contributed by atoms with Crippen LogP contribution in [-0.4, -0.2) is 53.8 Å². The van der Waals surface area contributed by atoms with Crippen molar-refractivity contribution >= 4 is 11.8 Å². The molecule has 1 N–H and O–H groups in total. The molecule has 2 aromatic carbocycles. The van der Waals surface area contributed by atoms with Crippen LogP contribution < -0.4 is 5.32 Å². The summed E-state index contributed by atoms with van der Waals surface area (Å²) in [6, 6.07) is 13.1. The second kappa shape index (κ2) is 8.38. The second-order valence-corrected chi connectivity index (χ2v) is 9.02. The zero-order valence-electron chi connectivity index (χ0n) is 17.8. The number of rotatable bonds is 5. The zero-order chi connectivity index (χ0) is 22.2. The molecule has 0 saturated carbocycles. The first-order chi connectivity index (χ1) is 14.8. The molecular weight excluding hydrogens is 400 g/mol. The highest BCUT2D eigenvalue weighted by molar-refractivity contribution is 5.95. The minimum atomic E-state index is -0.864. The van der Waals surface area contributed by atoms with Crippen molar-refractivity contribution in [2.24, 2.45) is 11.3 Å². The Kier molecular flexibility index (Phi) is 5.79. The van der Waals surface area contributed by atoms with Crippen molar-refractivity contribution in [1.82, 2.24) is 15.1 Å². The zero-order valence-corrected chi connectivity index (χ0v) is 17.8. The summed E-state index contributed by atoms with van der Waals surface area (Å²) in [7, 11) is 0. The highest BCUT2D eigenvalue weighted by Gasteiger charge is 2.57. The molecule has 5 nitrogen and oxygen atoms in total. The lowest BCUT2D eigenvalue weighted by molar-refractivity contribution is -0.131. The molecule has 31 heavy (non-hydrogen) atoms. The fourth-order valence-electron chi connectivity index (χ4n) is 4.79. The summed E-state index contributed by atoms with van der Waals surface area (Å²) in [5.74, 6) is -2.30. The van der Waals surface area contributed by atoms with Crippen molar-refractivity contribution in [3.05, 3.63) is 71.3 Å². The maximum Gasteiger partial charge on any atom is 0.256 e. The molecule has 7 heteroatoms. The lowest BCUT2D eigenvalue weighted by Gasteiger charge is -2.50. The Balaban J connectivity index is 1.50. The minimum Gasteiger partial charge on any atom is -0.354 e. The van der Waals surface area contributed by atoms with E-state index in [4.69, 9.17) is 0 Å². The van der Waals surface area contributed by atoms with E-state index in [1.165, 1.54) is 11.6 Å². The first kappa shape index (κ1) is 21.4. The van der Waals surface area contributed by atoms with E-state index in [9.17, 15) is 18.4 Å². The number of amides is 2. The van der Waals surface area contributed by atoms with E-state index >= 15 is 0 Å². The van der Waals surface area contributed by atoms with E-state index in [1.54, 1.807) is 4.90 Å². The third-order valence-electron chi connectivity index (χ3n) is 6.18. The van der Waals surface area contributed by atoms with E-state index in [1.807, 2.05) is 32.0 Å². The molecule has 1 atom stereocenters. The third-order valence-corrected chi connectivity index (χ3v) is 6.18. The van der Waals surface area contributed by atoms with Gasteiger partial charge in [0.15, 0.2) is 0 Å². The van der Waals surface area contributed by atoms with Crippen molar-refractivity contribution in [2.45, 2.75) is 26.4 Å². The summed E-state index contributed by atoms with van der Waals surface area (Å²) in [6.45, 7) is 6.64. The van der Waals surface area contributed by atoms with Crippen LogP contribution in [0.3, 0.4) is 0 Å². The Labute approximate surface area is 181 Å². The van der Waals surface area contributed by atoms with Crippen LogP contribution in [0.25, 0.3) is 0 Å². The second-order valence-electron chi connectivity index (χ2n) is 9.02. The standard InChI is InChI=1S/C24H27F2N3O2/c1-16(2)27-22(30)20-12-28(11-17-6-4-3-5-7-17)13-24(20)14-29(15-24)23(31)19-9-8-18(25)10-21(19)26/h3-10,16,20H,11-15H2,1-2H3,(H,27,30).